The third-order valence-corrected chi connectivity index (χ3v) is 3.83. The smallest absolute Gasteiger partial charge is 0.148 e. The molecule has 3 rings (SSSR count). The minimum atomic E-state index is 0.202. The highest BCUT2D eigenvalue weighted by Crippen LogP contribution is 2.41. The average Bonchev–Trinajstić information content (AvgIpc) is 2.68. The Hall–Kier alpha value is -3.48. The van der Waals surface area contributed by atoms with Crippen LogP contribution in [0.5, 0.6) is 17.2 Å². The van der Waals surface area contributed by atoms with E-state index in [1.54, 1.807) is 45.5 Å². The first-order valence-electron chi connectivity index (χ1n) is 7.86. The number of ether oxygens (including phenoxy) is 2. The molecule has 0 aliphatic carbocycles. The van der Waals surface area contributed by atoms with Gasteiger partial charge >= 0.3 is 0 Å². The molecular weight excluding hydrogens is 332 g/mol. The van der Waals surface area contributed by atoms with Gasteiger partial charge in [0.2, 0.25) is 0 Å². The summed E-state index contributed by atoms with van der Waals surface area (Å²) in [6.45, 7) is 0. The van der Waals surface area contributed by atoms with Crippen LogP contribution >= 0.6 is 0 Å². The molecule has 0 amide bonds. The summed E-state index contributed by atoms with van der Waals surface area (Å²) in [6, 6.07) is 14.1. The van der Waals surface area contributed by atoms with Gasteiger partial charge in [-0.25, -0.2) is 0 Å². The number of hydrogen-bond acceptors (Lipinski definition) is 7. The molecule has 0 heterocycles. The van der Waals surface area contributed by atoms with E-state index in [4.69, 9.17) is 9.47 Å². The molecule has 0 saturated heterocycles. The molecule has 26 heavy (non-hydrogen) atoms. The van der Waals surface area contributed by atoms with E-state index in [-0.39, 0.29) is 5.75 Å². The van der Waals surface area contributed by atoms with E-state index in [0.29, 0.717) is 33.9 Å². The predicted octanol–water partition coefficient (Wildman–Crippen LogP) is 5.69. The number of phenols is 1. The second-order valence-corrected chi connectivity index (χ2v) is 5.35. The Labute approximate surface area is 150 Å². The maximum absolute atomic E-state index is 9.98. The van der Waals surface area contributed by atoms with Gasteiger partial charge in [0.25, 0.3) is 0 Å². The SMILES string of the molecule is CN=Nc1cc(OC)c(N=Nc2ccc(O)c3ccccc23)cc1OC. The van der Waals surface area contributed by atoms with Crippen molar-refractivity contribution in [1.29, 1.82) is 0 Å². The van der Waals surface area contributed by atoms with Crippen molar-refractivity contribution in [3.63, 3.8) is 0 Å². The van der Waals surface area contributed by atoms with Crippen LogP contribution in [0.1, 0.15) is 0 Å². The normalized spacial score (nSPS) is 11.5. The largest absolute Gasteiger partial charge is 0.507 e. The summed E-state index contributed by atoms with van der Waals surface area (Å²) in [5.41, 5.74) is 1.68. The van der Waals surface area contributed by atoms with E-state index in [1.807, 2.05) is 24.3 Å². The van der Waals surface area contributed by atoms with E-state index in [1.165, 1.54) is 0 Å². The van der Waals surface area contributed by atoms with Crippen molar-refractivity contribution in [2.24, 2.45) is 20.5 Å². The van der Waals surface area contributed by atoms with Crippen molar-refractivity contribution in [3.05, 3.63) is 48.5 Å². The molecule has 0 saturated carbocycles. The molecule has 0 aliphatic heterocycles. The molecule has 0 aromatic heterocycles. The number of methoxy groups -OCH3 is 2. The van der Waals surface area contributed by atoms with Gasteiger partial charge in [-0.3, -0.25) is 0 Å². The quantitative estimate of drug-likeness (QED) is 0.599. The third-order valence-electron chi connectivity index (χ3n) is 3.83. The van der Waals surface area contributed by atoms with Crippen molar-refractivity contribution in [2.75, 3.05) is 21.3 Å². The minimum absolute atomic E-state index is 0.202. The van der Waals surface area contributed by atoms with Crippen LogP contribution in [0.4, 0.5) is 17.1 Å². The van der Waals surface area contributed by atoms with E-state index in [2.05, 4.69) is 20.5 Å². The third kappa shape index (κ3) is 3.32. The summed E-state index contributed by atoms with van der Waals surface area (Å²) in [5.74, 6) is 1.22. The molecule has 0 aliphatic rings. The fourth-order valence-corrected chi connectivity index (χ4v) is 2.59. The van der Waals surface area contributed by atoms with Gasteiger partial charge in [0.05, 0.1) is 19.9 Å². The molecule has 0 unspecified atom stereocenters. The number of rotatable bonds is 5. The zero-order valence-corrected chi connectivity index (χ0v) is 14.7. The second kappa shape index (κ2) is 7.60. The second-order valence-electron chi connectivity index (χ2n) is 5.35. The van der Waals surface area contributed by atoms with E-state index in [0.717, 1.165) is 5.39 Å². The summed E-state index contributed by atoms with van der Waals surface area (Å²) in [5, 5.41) is 27.9. The summed E-state index contributed by atoms with van der Waals surface area (Å²) in [4.78, 5) is 0. The monoisotopic (exact) mass is 350 g/mol. The fourth-order valence-electron chi connectivity index (χ4n) is 2.59. The molecule has 7 heteroatoms. The number of azo groups is 2. The molecule has 0 atom stereocenters. The molecule has 0 fully saturated rings. The summed E-state index contributed by atoms with van der Waals surface area (Å²) < 4.78 is 10.7. The van der Waals surface area contributed by atoms with Crippen LogP contribution in [0.25, 0.3) is 10.8 Å². The number of hydrogen-bond donors (Lipinski definition) is 1. The molecule has 3 aromatic rings. The van der Waals surface area contributed by atoms with E-state index in [9.17, 15) is 5.11 Å². The first kappa shape index (κ1) is 17.3. The van der Waals surface area contributed by atoms with Crippen molar-refractivity contribution < 1.29 is 14.6 Å². The Balaban J connectivity index is 2.07. The highest BCUT2D eigenvalue weighted by molar-refractivity contribution is 5.96. The fraction of sp³-hybridized carbons (Fsp3) is 0.158. The predicted molar refractivity (Wildman–Crippen MR) is 99.8 cm³/mol. The standard InChI is InChI=1S/C19H18N4O3/c1-20-21-15-10-19(26-3)16(11-18(15)25-2)23-22-14-8-9-17(24)13-7-5-4-6-12(13)14/h4-11,24H,1-3H3. The van der Waals surface area contributed by atoms with Gasteiger partial charge in [-0.2, -0.15) is 10.2 Å². The Morgan fingerprint density at radius 3 is 1.92 bits per heavy atom. The lowest BCUT2D eigenvalue weighted by Gasteiger charge is -2.09. The highest BCUT2D eigenvalue weighted by Gasteiger charge is 2.11. The van der Waals surface area contributed by atoms with Crippen LogP contribution in [0, 0.1) is 0 Å². The average molecular weight is 350 g/mol. The van der Waals surface area contributed by atoms with E-state index < -0.39 is 0 Å². The van der Waals surface area contributed by atoms with Gasteiger partial charge in [-0.15, -0.1) is 10.2 Å². The Morgan fingerprint density at radius 2 is 1.31 bits per heavy atom. The zero-order chi connectivity index (χ0) is 18.5. The van der Waals surface area contributed by atoms with Crippen LogP contribution in [0.3, 0.4) is 0 Å². The Bertz CT molecular complexity index is 999. The van der Waals surface area contributed by atoms with Gasteiger partial charge in [0.1, 0.15) is 28.6 Å². The summed E-state index contributed by atoms with van der Waals surface area (Å²) in [7, 11) is 4.67. The topological polar surface area (TPSA) is 88.1 Å². The number of phenolic OH excluding ortho intramolecular Hbond substituents is 1. The van der Waals surface area contributed by atoms with Crippen molar-refractivity contribution in [2.45, 2.75) is 0 Å². The number of fused-ring (bicyclic) bond motifs is 1. The molecular formula is C19H18N4O3. The van der Waals surface area contributed by atoms with Crippen molar-refractivity contribution in [3.8, 4) is 17.2 Å². The molecule has 7 nitrogen and oxygen atoms in total. The molecule has 1 N–H and O–H groups in total. The van der Waals surface area contributed by atoms with Gasteiger partial charge in [0.15, 0.2) is 0 Å². The lowest BCUT2D eigenvalue weighted by molar-refractivity contribution is 0.405. The summed E-state index contributed by atoms with van der Waals surface area (Å²) >= 11 is 0. The minimum Gasteiger partial charge on any atom is -0.507 e. The van der Waals surface area contributed by atoms with Crippen LogP contribution in [0.15, 0.2) is 69.0 Å². The number of benzene rings is 3. The lowest BCUT2D eigenvalue weighted by atomic mass is 10.1. The van der Waals surface area contributed by atoms with Crippen molar-refractivity contribution in [1.82, 2.24) is 0 Å². The summed E-state index contributed by atoms with van der Waals surface area (Å²) in [6.07, 6.45) is 0. The first-order chi connectivity index (χ1) is 12.7. The molecule has 0 spiro atoms. The highest BCUT2D eigenvalue weighted by atomic mass is 16.5. The van der Waals surface area contributed by atoms with Crippen LogP contribution < -0.4 is 9.47 Å². The number of aromatic hydroxyl groups is 1. The van der Waals surface area contributed by atoms with Crippen molar-refractivity contribution >= 4 is 27.8 Å². The maximum atomic E-state index is 9.98. The number of nitrogens with zero attached hydrogens (tertiary/aromatic N) is 4. The van der Waals surface area contributed by atoms with Gasteiger partial charge in [-0.05, 0) is 12.1 Å². The Morgan fingerprint density at radius 1 is 0.731 bits per heavy atom. The van der Waals surface area contributed by atoms with E-state index >= 15 is 0 Å². The van der Waals surface area contributed by atoms with Gasteiger partial charge in [0, 0.05) is 30.0 Å². The molecule has 0 radical (unpaired) electrons. The van der Waals surface area contributed by atoms with Crippen LogP contribution in [-0.4, -0.2) is 26.4 Å². The molecule has 132 valence electrons. The maximum Gasteiger partial charge on any atom is 0.148 e. The Kier molecular flexibility index (Phi) is 5.07. The first-order valence-corrected chi connectivity index (χ1v) is 7.86. The molecule has 0 bridgehead atoms. The van der Waals surface area contributed by atoms with Crippen LogP contribution in [-0.2, 0) is 0 Å². The zero-order valence-electron chi connectivity index (χ0n) is 14.7. The van der Waals surface area contributed by atoms with Gasteiger partial charge in [-0.1, -0.05) is 24.3 Å². The van der Waals surface area contributed by atoms with Gasteiger partial charge < -0.3 is 14.6 Å². The van der Waals surface area contributed by atoms with Crippen LogP contribution in [0.2, 0.25) is 0 Å². The lowest BCUT2D eigenvalue weighted by Crippen LogP contribution is -1.87. The molecule has 3 aromatic carbocycles.